The highest BCUT2D eigenvalue weighted by molar-refractivity contribution is 5.05. The summed E-state index contributed by atoms with van der Waals surface area (Å²) in [5.41, 5.74) is 0.616. The van der Waals surface area contributed by atoms with Crippen LogP contribution in [-0.2, 0) is 0 Å². The van der Waals surface area contributed by atoms with Crippen molar-refractivity contribution in [3.63, 3.8) is 0 Å². The molecule has 0 saturated heterocycles. The molecule has 0 amide bonds. The molecule has 1 heteroatoms. The highest BCUT2D eigenvalue weighted by atomic mass is 15.2. The first kappa shape index (κ1) is 8.55. The highest BCUT2D eigenvalue weighted by Gasteiger charge is 2.50. The molecule has 1 nitrogen and oxygen atoms in total. The number of hydrogen-bond acceptors (Lipinski definition) is 1. The van der Waals surface area contributed by atoms with Crippen LogP contribution in [0.15, 0.2) is 0 Å². The van der Waals surface area contributed by atoms with Gasteiger partial charge in [-0.1, -0.05) is 13.3 Å². The van der Waals surface area contributed by atoms with Crippen molar-refractivity contribution >= 4 is 0 Å². The molecule has 12 heavy (non-hydrogen) atoms. The van der Waals surface area contributed by atoms with Crippen LogP contribution in [0.4, 0.5) is 0 Å². The van der Waals surface area contributed by atoms with Crippen molar-refractivity contribution in [2.45, 2.75) is 44.6 Å². The Morgan fingerprint density at radius 3 is 2.50 bits per heavy atom. The lowest BCUT2D eigenvalue weighted by atomic mass is 9.84. The zero-order valence-corrected chi connectivity index (χ0v) is 8.64. The van der Waals surface area contributed by atoms with Crippen LogP contribution in [0.5, 0.6) is 0 Å². The molecule has 0 aromatic heterocycles. The lowest BCUT2D eigenvalue weighted by Gasteiger charge is -2.36. The fourth-order valence-electron chi connectivity index (χ4n) is 3.46. The van der Waals surface area contributed by atoms with Crippen molar-refractivity contribution < 1.29 is 0 Å². The van der Waals surface area contributed by atoms with E-state index in [1.807, 2.05) is 0 Å². The first-order valence-electron chi connectivity index (χ1n) is 5.35. The van der Waals surface area contributed by atoms with Crippen molar-refractivity contribution in [3.8, 4) is 0 Å². The molecule has 0 aromatic rings. The Morgan fingerprint density at radius 1 is 1.33 bits per heavy atom. The van der Waals surface area contributed by atoms with E-state index >= 15 is 0 Å². The molecule has 2 rings (SSSR count). The first-order valence-corrected chi connectivity index (χ1v) is 5.35. The largest absolute Gasteiger partial charge is 0.304 e. The normalized spacial score (nSPS) is 46.0. The van der Waals surface area contributed by atoms with Gasteiger partial charge in [0.05, 0.1) is 0 Å². The van der Waals surface area contributed by atoms with Crippen LogP contribution in [0.25, 0.3) is 0 Å². The van der Waals surface area contributed by atoms with Gasteiger partial charge in [-0.05, 0) is 51.6 Å². The highest BCUT2D eigenvalue weighted by Crippen LogP contribution is 2.54. The van der Waals surface area contributed by atoms with E-state index in [1.165, 1.54) is 32.1 Å². The molecule has 2 unspecified atom stereocenters. The molecule has 70 valence electrons. The van der Waals surface area contributed by atoms with Gasteiger partial charge in [-0.25, -0.2) is 0 Å². The Bertz CT molecular complexity index is 176. The summed E-state index contributed by atoms with van der Waals surface area (Å²) < 4.78 is 0. The molecule has 0 radical (unpaired) electrons. The molecule has 2 saturated carbocycles. The topological polar surface area (TPSA) is 3.24 Å². The molecular weight excluding hydrogens is 146 g/mol. The van der Waals surface area contributed by atoms with Gasteiger partial charge in [-0.2, -0.15) is 0 Å². The summed E-state index contributed by atoms with van der Waals surface area (Å²) in [6.45, 7) is 2.36. The molecule has 2 fully saturated rings. The van der Waals surface area contributed by atoms with Crippen LogP contribution >= 0.6 is 0 Å². The maximum absolute atomic E-state index is 2.49. The fourth-order valence-corrected chi connectivity index (χ4v) is 3.46. The maximum atomic E-state index is 2.49. The summed E-state index contributed by atoms with van der Waals surface area (Å²) in [4.78, 5) is 2.49. The molecule has 0 aromatic carbocycles. The minimum absolute atomic E-state index is 0.616. The van der Waals surface area contributed by atoms with Gasteiger partial charge >= 0.3 is 0 Å². The predicted molar refractivity (Wildman–Crippen MR) is 52.2 cm³/mol. The average molecular weight is 167 g/mol. The number of nitrogens with zero attached hydrogens (tertiary/aromatic N) is 1. The van der Waals surface area contributed by atoms with Crippen molar-refractivity contribution in [1.29, 1.82) is 0 Å². The predicted octanol–water partition coefficient (Wildman–Crippen LogP) is 2.52. The second-order valence-corrected chi connectivity index (χ2v) is 4.99. The second kappa shape index (κ2) is 2.73. The summed E-state index contributed by atoms with van der Waals surface area (Å²) in [5, 5.41) is 0. The van der Waals surface area contributed by atoms with E-state index in [2.05, 4.69) is 25.9 Å². The fraction of sp³-hybridized carbons (Fsp3) is 1.00. The van der Waals surface area contributed by atoms with Crippen molar-refractivity contribution in [2.24, 2.45) is 11.8 Å². The summed E-state index contributed by atoms with van der Waals surface area (Å²) in [6, 6.07) is 0. The summed E-state index contributed by atoms with van der Waals surface area (Å²) in [7, 11) is 4.53. The molecule has 2 aliphatic carbocycles. The minimum Gasteiger partial charge on any atom is -0.304 e. The zero-order valence-electron chi connectivity index (χ0n) is 8.64. The minimum atomic E-state index is 0.616. The monoisotopic (exact) mass is 167 g/mol. The van der Waals surface area contributed by atoms with E-state index in [1.54, 1.807) is 0 Å². The lowest BCUT2D eigenvalue weighted by Crippen LogP contribution is -2.40. The Labute approximate surface area is 76.1 Å². The van der Waals surface area contributed by atoms with Gasteiger partial charge in [0.25, 0.3) is 0 Å². The third kappa shape index (κ3) is 1.02. The van der Waals surface area contributed by atoms with E-state index in [0.717, 1.165) is 11.8 Å². The molecule has 2 bridgehead atoms. The molecule has 2 aliphatic rings. The average Bonchev–Trinajstić information content (AvgIpc) is 2.61. The van der Waals surface area contributed by atoms with E-state index < -0.39 is 0 Å². The van der Waals surface area contributed by atoms with Gasteiger partial charge in [0.15, 0.2) is 0 Å². The summed E-state index contributed by atoms with van der Waals surface area (Å²) >= 11 is 0. The Balaban J connectivity index is 2.12. The van der Waals surface area contributed by atoms with Crippen molar-refractivity contribution in [2.75, 3.05) is 14.1 Å². The van der Waals surface area contributed by atoms with Crippen LogP contribution in [0.1, 0.15) is 39.0 Å². The lowest BCUT2D eigenvalue weighted by molar-refractivity contribution is 0.143. The first-order chi connectivity index (χ1) is 5.68. The Hall–Kier alpha value is -0.0400. The second-order valence-electron chi connectivity index (χ2n) is 4.99. The summed E-state index contributed by atoms with van der Waals surface area (Å²) in [5.74, 6) is 2.11. The van der Waals surface area contributed by atoms with Gasteiger partial charge < -0.3 is 4.90 Å². The van der Waals surface area contributed by atoms with Gasteiger partial charge in [0, 0.05) is 5.54 Å². The van der Waals surface area contributed by atoms with Crippen LogP contribution in [0.3, 0.4) is 0 Å². The summed E-state index contributed by atoms with van der Waals surface area (Å²) in [6.07, 6.45) is 7.32. The number of hydrogen-bond donors (Lipinski definition) is 0. The number of rotatable bonds is 2. The Kier molecular flexibility index (Phi) is 1.95. The van der Waals surface area contributed by atoms with Gasteiger partial charge in [-0.15, -0.1) is 0 Å². The van der Waals surface area contributed by atoms with E-state index in [4.69, 9.17) is 0 Å². The molecule has 0 aliphatic heterocycles. The van der Waals surface area contributed by atoms with Crippen LogP contribution in [-0.4, -0.2) is 24.5 Å². The molecular formula is C11H21N. The van der Waals surface area contributed by atoms with E-state index in [9.17, 15) is 0 Å². The van der Waals surface area contributed by atoms with Gasteiger partial charge in [-0.3, -0.25) is 0 Å². The van der Waals surface area contributed by atoms with Crippen LogP contribution < -0.4 is 0 Å². The zero-order chi connectivity index (χ0) is 8.77. The standard InChI is InChI=1S/C11H21N/c1-4-9-7-11(12(2)3)6-5-10(9)8-11/h9-10H,4-8H2,1-3H3/t9?,10?,11-/m1/s1. The molecule has 0 N–H and O–H groups in total. The van der Waals surface area contributed by atoms with Crippen molar-refractivity contribution in [3.05, 3.63) is 0 Å². The quantitative estimate of drug-likeness (QED) is 0.611. The molecule has 0 heterocycles. The number of fused-ring (bicyclic) bond motifs is 2. The van der Waals surface area contributed by atoms with Gasteiger partial charge in [0.1, 0.15) is 0 Å². The Morgan fingerprint density at radius 2 is 2.08 bits per heavy atom. The third-order valence-electron chi connectivity index (χ3n) is 4.40. The molecule has 0 spiro atoms. The third-order valence-corrected chi connectivity index (χ3v) is 4.40. The van der Waals surface area contributed by atoms with Gasteiger partial charge in [0.2, 0.25) is 0 Å². The SMILES string of the molecule is CCC1C[C@]2(N(C)C)CCC1C2. The van der Waals surface area contributed by atoms with Crippen molar-refractivity contribution in [1.82, 2.24) is 4.90 Å². The molecule has 3 atom stereocenters. The van der Waals surface area contributed by atoms with Crippen LogP contribution in [0.2, 0.25) is 0 Å². The van der Waals surface area contributed by atoms with Crippen LogP contribution in [0, 0.1) is 11.8 Å². The smallest absolute Gasteiger partial charge is 0.0209 e. The van der Waals surface area contributed by atoms with E-state index in [0.29, 0.717) is 5.54 Å². The maximum Gasteiger partial charge on any atom is 0.0209 e. The van der Waals surface area contributed by atoms with E-state index in [-0.39, 0.29) is 0 Å².